The molecule has 2 heteroatoms. The van der Waals surface area contributed by atoms with Gasteiger partial charge >= 0.3 is 0 Å². The number of rotatable bonds is 12. The van der Waals surface area contributed by atoms with Crippen LogP contribution in [0.5, 0.6) is 0 Å². The van der Waals surface area contributed by atoms with Crippen LogP contribution in [0.3, 0.4) is 0 Å². The van der Waals surface area contributed by atoms with Gasteiger partial charge in [0.2, 0.25) is 0 Å². The van der Waals surface area contributed by atoms with Gasteiger partial charge in [0.1, 0.15) is 0 Å². The first-order valence-electron chi connectivity index (χ1n) is 7.22. The van der Waals surface area contributed by atoms with Crippen molar-refractivity contribution in [3.63, 3.8) is 0 Å². The zero-order valence-electron chi connectivity index (χ0n) is 11.4. The quantitative estimate of drug-likeness (QED) is 0.503. The Kier molecular flexibility index (Phi) is 12.9. The van der Waals surface area contributed by atoms with Crippen molar-refractivity contribution >= 4 is 0 Å². The van der Waals surface area contributed by atoms with E-state index in [0.29, 0.717) is 5.92 Å². The second-order valence-electron chi connectivity index (χ2n) is 5.00. The lowest BCUT2D eigenvalue weighted by atomic mass is 10.1. The van der Waals surface area contributed by atoms with Crippen LogP contribution in [0.1, 0.15) is 65.2 Å². The summed E-state index contributed by atoms with van der Waals surface area (Å²) in [5, 5.41) is 3.51. The van der Waals surface area contributed by atoms with E-state index in [1.165, 1.54) is 64.5 Å². The van der Waals surface area contributed by atoms with Crippen molar-refractivity contribution in [3.05, 3.63) is 0 Å². The van der Waals surface area contributed by atoms with Gasteiger partial charge < -0.3 is 11.1 Å². The maximum Gasteiger partial charge on any atom is -0.00488 e. The van der Waals surface area contributed by atoms with Crippen molar-refractivity contribution in [2.45, 2.75) is 65.2 Å². The Labute approximate surface area is 102 Å². The minimum Gasteiger partial charge on any atom is -0.330 e. The molecular formula is C14H32N2. The summed E-state index contributed by atoms with van der Waals surface area (Å²) in [5.41, 5.74) is 5.57. The summed E-state index contributed by atoms with van der Waals surface area (Å²) in [5.74, 6) is 0.691. The van der Waals surface area contributed by atoms with Crippen LogP contribution in [0.4, 0.5) is 0 Å². The lowest BCUT2D eigenvalue weighted by Gasteiger charge is -2.08. The Bertz CT molecular complexity index is 126. The number of unbranched alkanes of at least 4 members (excludes halogenated alkanes) is 5. The average Bonchev–Trinajstić information content (AvgIpc) is 2.31. The zero-order chi connectivity index (χ0) is 12.1. The van der Waals surface area contributed by atoms with Crippen LogP contribution in [-0.2, 0) is 0 Å². The van der Waals surface area contributed by atoms with E-state index in [4.69, 9.17) is 5.73 Å². The SMILES string of the molecule is CCCCCCCCNCCCC(C)CN. The molecule has 0 heterocycles. The number of nitrogens with one attached hydrogen (secondary N) is 1. The molecular weight excluding hydrogens is 196 g/mol. The standard InChI is InChI=1S/C14H32N2/c1-3-4-5-6-7-8-11-16-12-9-10-14(2)13-15/h14,16H,3-13,15H2,1-2H3. The van der Waals surface area contributed by atoms with E-state index in [1.54, 1.807) is 0 Å². The topological polar surface area (TPSA) is 38.0 Å². The predicted molar refractivity (Wildman–Crippen MR) is 73.7 cm³/mol. The molecule has 0 spiro atoms. The molecule has 3 N–H and O–H groups in total. The van der Waals surface area contributed by atoms with Gasteiger partial charge in [-0.25, -0.2) is 0 Å². The summed E-state index contributed by atoms with van der Waals surface area (Å²) in [4.78, 5) is 0. The van der Waals surface area contributed by atoms with Gasteiger partial charge in [0.25, 0.3) is 0 Å². The Morgan fingerprint density at radius 1 is 0.938 bits per heavy atom. The van der Waals surface area contributed by atoms with Gasteiger partial charge in [0, 0.05) is 0 Å². The van der Waals surface area contributed by atoms with Gasteiger partial charge in [-0.05, 0) is 44.8 Å². The molecule has 0 fully saturated rings. The van der Waals surface area contributed by atoms with Crippen molar-refractivity contribution < 1.29 is 0 Å². The molecule has 0 saturated heterocycles. The van der Waals surface area contributed by atoms with E-state index >= 15 is 0 Å². The fourth-order valence-electron chi connectivity index (χ4n) is 1.85. The fourth-order valence-corrected chi connectivity index (χ4v) is 1.85. The molecule has 0 amide bonds. The smallest absolute Gasteiger partial charge is 0.00488 e. The van der Waals surface area contributed by atoms with Gasteiger partial charge in [-0.2, -0.15) is 0 Å². The normalized spacial score (nSPS) is 12.9. The summed E-state index contributed by atoms with van der Waals surface area (Å²) in [7, 11) is 0. The molecule has 1 atom stereocenters. The molecule has 0 aliphatic heterocycles. The Balaban J connectivity index is 2.93. The van der Waals surface area contributed by atoms with Crippen LogP contribution in [-0.4, -0.2) is 19.6 Å². The minimum atomic E-state index is 0.691. The van der Waals surface area contributed by atoms with Crippen LogP contribution in [0.15, 0.2) is 0 Å². The van der Waals surface area contributed by atoms with Crippen LogP contribution in [0, 0.1) is 5.92 Å². The molecule has 98 valence electrons. The third-order valence-electron chi connectivity index (χ3n) is 3.16. The fraction of sp³-hybridized carbons (Fsp3) is 1.00. The molecule has 0 radical (unpaired) electrons. The molecule has 0 rings (SSSR count). The second-order valence-corrected chi connectivity index (χ2v) is 5.00. The van der Waals surface area contributed by atoms with Crippen molar-refractivity contribution in [2.75, 3.05) is 19.6 Å². The van der Waals surface area contributed by atoms with E-state index in [-0.39, 0.29) is 0 Å². The van der Waals surface area contributed by atoms with Crippen molar-refractivity contribution in [3.8, 4) is 0 Å². The summed E-state index contributed by atoms with van der Waals surface area (Å²) < 4.78 is 0. The minimum absolute atomic E-state index is 0.691. The largest absolute Gasteiger partial charge is 0.330 e. The molecule has 0 saturated carbocycles. The summed E-state index contributed by atoms with van der Waals surface area (Å²) in [6.07, 6.45) is 10.9. The Morgan fingerprint density at radius 3 is 2.25 bits per heavy atom. The summed E-state index contributed by atoms with van der Waals surface area (Å²) >= 11 is 0. The monoisotopic (exact) mass is 228 g/mol. The van der Waals surface area contributed by atoms with E-state index in [0.717, 1.165) is 6.54 Å². The van der Waals surface area contributed by atoms with E-state index in [2.05, 4.69) is 19.2 Å². The van der Waals surface area contributed by atoms with Gasteiger partial charge in [-0.3, -0.25) is 0 Å². The van der Waals surface area contributed by atoms with Crippen LogP contribution >= 0.6 is 0 Å². The van der Waals surface area contributed by atoms with Crippen molar-refractivity contribution in [1.29, 1.82) is 0 Å². The van der Waals surface area contributed by atoms with Gasteiger partial charge in [-0.15, -0.1) is 0 Å². The zero-order valence-corrected chi connectivity index (χ0v) is 11.4. The molecule has 0 aromatic carbocycles. The molecule has 0 bridgehead atoms. The molecule has 16 heavy (non-hydrogen) atoms. The third-order valence-corrected chi connectivity index (χ3v) is 3.16. The Hall–Kier alpha value is -0.0800. The van der Waals surface area contributed by atoms with Gasteiger partial charge in [0.05, 0.1) is 0 Å². The van der Waals surface area contributed by atoms with Crippen LogP contribution < -0.4 is 11.1 Å². The maximum absolute atomic E-state index is 5.57. The predicted octanol–water partition coefficient (Wildman–Crippen LogP) is 3.31. The molecule has 0 aromatic rings. The van der Waals surface area contributed by atoms with Gasteiger partial charge in [-0.1, -0.05) is 46.0 Å². The third kappa shape index (κ3) is 12.0. The molecule has 0 aliphatic rings. The van der Waals surface area contributed by atoms with E-state index in [9.17, 15) is 0 Å². The summed E-state index contributed by atoms with van der Waals surface area (Å²) in [6.45, 7) is 7.69. The highest BCUT2D eigenvalue weighted by Crippen LogP contribution is 2.04. The van der Waals surface area contributed by atoms with E-state index in [1.807, 2.05) is 0 Å². The highest BCUT2D eigenvalue weighted by atomic mass is 14.8. The van der Waals surface area contributed by atoms with Gasteiger partial charge in [0.15, 0.2) is 0 Å². The number of hydrogen-bond donors (Lipinski definition) is 2. The molecule has 2 nitrogen and oxygen atoms in total. The first-order chi connectivity index (χ1) is 7.81. The van der Waals surface area contributed by atoms with Crippen molar-refractivity contribution in [2.24, 2.45) is 11.7 Å². The van der Waals surface area contributed by atoms with Crippen LogP contribution in [0.25, 0.3) is 0 Å². The number of hydrogen-bond acceptors (Lipinski definition) is 2. The second kappa shape index (κ2) is 13.0. The molecule has 1 unspecified atom stereocenters. The first kappa shape index (κ1) is 15.9. The summed E-state index contributed by atoms with van der Waals surface area (Å²) in [6, 6.07) is 0. The van der Waals surface area contributed by atoms with E-state index < -0.39 is 0 Å². The molecule has 0 aliphatic carbocycles. The average molecular weight is 228 g/mol. The lowest BCUT2D eigenvalue weighted by Crippen LogP contribution is -2.18. The maximum atomic E-state index is 5.57. The van der Waals surface area contributed by atoms with Crippen molar-refractivity contribution in [1.82, 2.24) is 5.32 Å². The number of nitrogens with two attached hydrogens (primary N) is 1. The van der Waals surface area contributed by atoms with Crippen LogP contribution in [0.2, 0.25) is 0 Å². The highest BCUT2D eigenvalue weighted by molar-refractivity contribution is 4.55. The highest BCUT2D eigenvalue weighted by Gasteiger charge is 1.97. The lowest BCUT2D eigenvalue weighted by molar-refractivity contribution is 0.494. The molecule has 0 aromatic heterocycles. The Morgan fingerprint density at radius 2 is 1.56 bits per heavy atom. The first-order valence-corrected chi connectivity index (χ1v) is 7.22.